The Morgan fingerprint density at radius 2 is 1.11 bits per heavy atom. The molecule has 5 N–H and O–H groups in total. The van der Waals surface area contributed by atoms with Crippen LogP contribution in [0.15, 0.2) is 48.6 Å². The first-order valence-electron chi connectivity index (χ1n) is 18.0. The lowest BCUT2D eigenvalue weighted by Crippen LogP contribution is -2.53. The van der Waals surface area contributed by atoms with Crippen LogP contribution in [0, 0.1) is 0 Å². The normalized spacial score (nSPS) is 15.1. The fraction of sp³-hybridized carbons (Fsp3) is 0.763. The SMILES string of the molecule is C/C=C/CC/C=C/CCCC(O)C(O)C(CO)NC(=O)C(O)CCCCCCCCCCCCCCC/C=C\C/C=C\CC. The number of aliphatic hydroxyl groups excluding tert-OH is 4. The molecular formula is C38H69NO5. The first-order valence-corrected chi connectivity index (χ1v) is 18.0. The molecule has 0 aliphatic carbocycles. The summed E-state index contributed by atoms with van der Waals surface area (Å²) in [6.45, 7) is 3.66. The second kappa shape index (κ2) is 32.7. The van der Waals surface area contributed by atoms with Crippen LogP contribution in [0.5, 0.6) is 0 Å². The van der Waals surface area contributed by atoms with Gasteiger partial charge in [-0.2, -0.15) is 0 Å². The Morgan fingerprint density at radius 3 is 1.70 bits per heavy atom. The van der Waals surface area contributed by atoms with E-state index in [0.29, 0.717) is 19.3 Å². The standard InChI is InChI=1S/C38H69NO5/c1-3-5-7-9-11-13-14-15-16-17-18-19-20-21-22-23-24-26-28-30-32-36(42)38(44)39-34(33-40)37(43)35(41)31-29-27-25-12-10-8-6-4-2/h4-7,11-13,25,34-37,40-43H,3,8-10,14-24,26-33H2,1-2H3,(H,39,44)/b6-4+,7-5-,13-11-,25-12+. The molecule has 0 saturated carbocycles. The lowest BCUT2D eigenvalue weighted by Gasteiger charge is -2.27. The van der Waals surface area contributed by atoms with E-state index < -0.39 is 36.9 Å². The van der Waals surface area contributed by atoms with Crippen LogP contribution in [0.25, 0.3) is 0 Å². The van der Waals surface area contributed by atoms with Gasteiger partial charge in [-0.05, 0) is 71.1 Å². The molecule has 0 aromatic rings. The van der Waals surface area contributed by atoms with Crippen molar-refractivity contribution >= 4 is 5.91 Å². The van der Waals surface area contributed by atoms with Crippen molar-refractivity contribution in [3.8, 4) is 0 Å². The summed E-state index contributed by atoms with van der Waals surface area (Å²) in [6, 6.07) is -1.01. The molecule has 0 heterocycles. The van der Waals surface area contributed by atoms with E-state index in [0.717, 1.165) is 51.4 Å². The highest BCUT2D eigenvalue weighted by Gasteiger charge is 2.28. The molecule has 0 saturated heterocycles. The highest BCUT2D eigenvalue weighted by Crippen LogP contribution is 2.15. The molecule has 6 heteroatoms. The largest absolute Gasteiger partial charge is 0.394 e. The Hall–Kier alpha value is -1.73. The van der Waals surface area contributed by atoms with Crippen LogP contribution in [0.4, 0.5) is 0 Å². The lowest BCUT2D eigenvalue weighted by atomic mass is 10.00. The summed E-state index contributed by atoms with van der Waals surface area (Å²) in [4.78, 5) is 12.4. The van der Waals surface area contributed by atoms with Crippen LogP contribution in [-0.4, -0.2) is 57.3 Å². The molecule has 44 heavy (non-hydrogen) atoms. The van der Waals surface area contributed by atoms with Gasteiger partial charge in [-0.25, -0.2) is 0 Å². The summed E-state index contributed by atoms with van der Waals surface area (Å²) in [7, 11) is 0. The predicted octanol–water partition coefficient (Wildman–Crippen LogP) is 8.39. The molecule has 4 unspecified atom stereocenters. The maximum Gasteiger partial charge on any atom is 0.249 e. The average Bonchev–Trinajstić information content (AvgIpc) is 3.03. The molecule has 0 rings (SSSR count). The van der Waals surface area contributed by atoms with Crippen molar-refractivity contribution in [2.24, 2.45) is 0 Å². The molecule has 0 radical (unpaired) electrons. The topological polar surface area (TPSA) is 110 Å². The fourth-order valence-electron chi connectivity index (χ4n) is 5.23. The molecule has 0 aliphatic heterocycles. The molecule has 0 fully saturated rings. The zero-order valence-electron chi connectivity index (χ0n) is 28.4. The third-order valence-corrected chi connectivity index (χ3v) is 8.10. The van der Waals surface area contributed by atoms with E-state index in [1.165, 1.54) is 70.6 Å². The van der Waals surface area contributed by atoms with Gasteiger partial charge in [-0.3, -0.25) is 4.79 Å². The van der Waals surface area contributed by atoms with Gasteiger partial charge >= 0.3 is 0 Å². The number of carbonyl (C=O) groups excluding carboxylic acids is 1. The minimum atomic E-state index is -1.29. The van der Waals surface area contributed by atoms with Gasteiger partial charge in [0.1, 0.15) is 12.2 Å². The first kappa shape index (κ1) is 42.3. The highest BCUT2D eigenvalue weighted by atomic mass is 16.3. The Bertz CT molecular complexity index is 748. The Balaban J connectivity index is 3.76. The van der Waals surface area contributed by atoms with Crippen molar-refractivity contribution in [1.82, 2.24) is 5.32 Å². The van der Waals surface area contributed by atoms with Crippen molar-refractivity contribution < 1.29 is 25.2 Å². The minimum Gasteiger partial charge on any atom is -0.394 e. The Labute approximate surface area is 270 Å². The summed E-state index contributed by atoms with van der Waals surface area (Å²) in [5.41, 5.74) is 0. The maximum absolute atomic E-state index is 12.4. The summed E-state index contributed by atoms with van der Waals surface area (Å²) >= 11 is 0. The number of hydrogen-bond acceptors (Lipinski definition) is 5. The highest BCUT2D eigenvalue weighted by molar-refractivity contribution is 5.80. The van der Waals surface area contributed by atoms with Crippen molar-refractivity contribution in [3.63, 3.8) is 0 Å². The molecule has 0 aromatic heterocycles. The second-order valence-corrected chi connectivity index (χ2v) is 12.2. The van der Waals surface area contributed by atoms with Crippen molar-refractivity contribution in [1.29, 1.82) is 0 Å². The summed E-state index contributed by atoms with van der Waals surface area (Å²) < 4.78 is 0. The van der Waals surface area contributed by atoms with E-state index in [9.17, 15) is 25.2 Å². The molecular weight excluding hydrogens is 550 g/mol. The van der Waals surface area contributed by atoms with Crippen molar-refractivity contribution in [2.75, 3.05) is 6.61 Å². The fourth-order valence-corrected chi connectivity index (χ4v) is 5.23. The van der Waals surface area contributed by atoms with Crippen LogP contribution in [0.2, 0.25) is 0 Å². The number of allylic oxidation sites excluding steroid dienone is 8. The van der Waals surface area contributed by atoms with E-state index in [1.54, 1.807) is 0 Å². The number of nitrogens with one attached hydrogen (secondary N) is 1. The van der Waals surface area contributed by atoms with Crippen LogP contribution in [0.3, 0.4) is 0 Å². The van der Waals surface area contributed by atoms with E-state index >= 15 is 0 Å². The average molecular weight is 620 g/mol. The van der Waals surface area contributed by atoms with Gasteiger partial charge in [0.05, 0.1) is 18.8 Å². The van der Waals surface area contributed by atoms with Gasteiger partial charge in [-0.15, -0.1) is 0 Å². The Kier molecular flexibility index (Phi) is 31.4. The van der Waals surface area contributed by atoms with E-state index in [1.807, 2.05) is 13.0 Å². The van der Waals surface area contributed by atoms with Crippen LogP contribution in [-0.2, 0) is 4.79 Å². The van der Waals surface area contributed by atoms with E-state index in [4.69, 9.17) is 0 Å². The monoisotopic (exact) mass is 620 g/mol. The van der Waals surface area contributed by atoms with Gasteiger partial charge in [-0.1, -0.05) is 133 Å². The summed E-state index contributed by atoms with van der Waals surface area (Å²) in [5.74, 6) is -0.605. The summed E-state index contributed by atoms with van der Waals surface area (Å²) in [6.07, 6.45) is 37.4. The van der Waals surface area contributed by atoms with Crippen molar-refractivity contribution in [2.45, 2.75) is 179 Å². The van der Waals surface area contributed by atoms with Crippen LogP contribution < -0.4 is 5.32 Å². The summed E-state index contributed by atoms with van der Waals surface area (Å²) in [5, 5.41) is 43.2. The number of rotatable bonds is 31. The molecule has 256 valence electrons. The minimum absolute atomic E-state index is 0.357. The maximum atomic E-state index is 12.4. The second-order valence-electron chi connectivity index (χ2n) is 12.2. The molecule has 0 aliphatic rings. The number of hydrogen-bond donors (Lipinski definition) is 5. The Morgan fingerprint density at radius 1 is 0.614 bits per heavy atom. The van der Waals surface area contributed by atoms with Crippen LogP contribution in [0.1, 0.15) is 155 Å². The number of carbonyl (C=O) groups is 1. The van der Waals surface area contributed by atoms with Gasteiger partial charge < -0.3 is 25.7 Å². The number of aliphatic hydroxyl groups is 4. The lowest BCUT2D eigenvalue weighted by molar-refractivity contribution is -0.132. The molecule has 6 nitrogen and oxygen atoms in total. The van der Waals surface area contributed by atoms with E-state index in [2.05, 4.69) is 54.8 Å². The number of amides is 1. The first-order chi connectivity index (χ1) is 21.5. The van der Waals surface area contributed by atoms with Crippen LogP contribution >= 0.6 is 0 Å². The smallest absolute Gasteiger partial charge is 0.249 e. The molecule has 0 aromatic carbocycles. The third-order valence-electron chi connectivity index (χ3n) is 8.10. The molecule has 1 amide bonds. The third kappa shape index (κ3) is 26.7. The predicted molar refractivity (Wildman–Crippen MR) is 187 cm³/mol. The zero-order valence-corrected chi connectivity index (χ0v) is 28.4. The number of unbranched alkanes of at least 4 members (excludes halogenated alkanes) is 15. The molecule has 4 atom stereocenters. The van der Waals surface area contributed by atoms with E-state index in [-0.39, 0.29) is 0 Å². The van der Waals surface area contributed by atoms with Gasteiger partial charge in [0, 0.05) is 0 Å². The molecule has 0 bridgehead atoms. The van der Waals surface area contributed by atoms with Gasteiger partial charge in [0.2, 0.25) is 5.91 Å². The van der Waals surface area contributed by atoms with Gasteiger partial charge in [0.25, 0.3) is 0 Å². The van der Waals surface area contributed by atoms with Gasteiger partial charge in [0.15, 0.2) is 0 Å². The van der Waals surface area contributed by atoms with Crippen molar-refractivity contribution in [3.05, 3.63) is 48.6 Å². The quantitative estimate of drug-likeness (QED) is 0.0395. The molecule has 0 spiro atoms. The zero-order chi connectivity index (χ0) is 32.5.